The molecule has 0 aliphatic rings. The second-order valence-corrected chi connectivity index (χ2v) is 1.81. The minimum atomic E-state index is -1.04. The maximum Gasteiger partial charge on any atom is 0.335 e. The summed E-state index contributed by atoms with van der Waals surface area (Å²) in [6.07, 6.45) is 0. The van der Waals surface area contributed by atoms with Crippen molar-refractivity contribution in [3.05, 3.63) is 35.6 Å². The fraction of sp³-hybridized carbons (Fsp3) is 0. The van der Waals surface area contributed by atoms with Crippen LogP contribution in [0.15, 0.2) is 24.3 Å². The Hall–Kier alpha value is -1.38. The molecular formula is C7H5FO2. The van der Waals surface area contributed by atoms with E-state index in [2.05, 4.69) is 0 Å². The molecule has 0 aliphatic carbocycles. The van der Waals surface area contributed by atoms with Crippen molar-refractivity contribution in [2.24, 2.45) is 0 Å². The van der Waals surface area contributed by atoms with E-state index in [1.54, 1.807) is 0 Å². The topological polar surface area (TPSA) is 37.3 Å². The first-order chi connectivity index (χ1) is 4.70. The van der Waals surface area contributed by atoms with Crippen LogP contribution in [0.2, 0.25) is 0 Å². The van der Waals surface area contributed by atoms with Gasteiger partial charge in [-0.15, -0.1) is 0 Å². The lowest BCUT2D eigenvalue weighted by molar-refractivity contribution is 0.0697. The van der Waals surface area contributed by atoms with Crippen molar-refractivity contribution < 1.29 is 14.3 Å². The van der Waals surface area contributed by atoms with E-state index >= 15 is 0 Å². The predicted molar refractivity (Wildman–Crippen MR) is 33.4 cm³/mol. The molecule has 1 N–H and O–H groups in total. The maximum atomic E-state index is 12.2. The highest BCUT2D eigenvalue weighted by Gasteiger charge is 1.99. The van der Waals surface area contributed by atoms with Crippen LogP contribution in [0, 0.1) is 5.82 Å². The number of carboxylic acid groups (broad SMARTS) is 1. The van der Waals surface area contributed by atoms with Crippen molar-refractivity contribution in [1.29, 1.82) is 0 Å². The van der Waals surface area contributed by atoms with Crippen LogP contribution >= 0.6 is 0 Å². The first kappa shape index (κ1) is 6.74. The Morgan fingerprint density at radius 3 is 2.20 bits per heavy atom. The molecule has 0 radical (unpaired) electrons. The smallest absolute Gasteiger partial charge is 0.335 e. The molecule has 10 heavy (non-hydrogen) atoms. The average molecular weight is 139 g/mol. The van der Waals surface area contributed by atoms with Gasteiger partial charge in [0.1, 0.15) is 5.82 Å². The van der Waals surface area contributed by atoms with Crippen LogP contribution in [0.4, 0.5) is 4.39 Å². The van der Waals surface area contributed by atoms with E-state index in [0.29, 0.717) is 0 Å². The molecule has 0 saturated carbocycles. The van der Waals surface area contributed by atoms with Gasteiger partial charge in [0.25, 0.3) is 0 Å². The molecule has 0 atom stereocenters. The van der Waals surface area contributed by atoms with Crippen molar-refractivity contribution in [2.75, 3.05) is 0 Å². The molecule has 1 aromatic carbocycles. The SMILES string of the molecule is O=[11C](O)c1ccc(F)cc1. The van der Waals surface area contributed by atoms with Crippen LogP contribution < -0.4 is 0 Å². The second-order valence-electron chi connectivity index (χ2n) is 1.81. The average Bonchev–Trinajstić information content (AvgIpc) is 1.88. The Bertz CT molecular complexity index is 240. The number of aromatic carboxylic acids is 1. The van der Waals surface area contributed by atoms with Gasteiger partial charge in [-0.1, -0.05) is 0 Å². The number of halogens is 1. The molecule has 1 rings (SSSR count). The van der Waals surface area contributed by atoms with E-state index in [0.717, 1.165) is 12.1 Å². The third kappa shape index (κ3) is 1.31. The van der Waals surface area contributed by atoms with Crippen molar-refractivity contribution in [3.63, 3.8) is 0 Å². The Balaban J connectivity index is 3.00. The number of carboxylic acids is 1. The molecule has 0 aromatic heterocycles. The van der Waals surface area contributed by atoms with Gasteiger partial charge in [0.15, 0.2) is 0 Å². The van der Waals surface area contributed by atoms with Gasteiger partial charge < -0.3 is 5.11 Å². The number of hydrogen-bond donors (Lipinski definition) is 1. The molecule has 3 heteroatoms. The quantitative estimate of drug-likeness (QED) is 0.640. The number of hydrogen-bond acceptors (Lipinski definition) is 1. The molecule has 0 bridgehead atoms. The molecule has 0 aliphatic heterocycles. The summed E-state index contributed by atoms with van der Waals surface area (Å²) in [6, 6.07) is 4.67. The molecule has 0 saturated heterocycles. The molecule has 0 spiro atoms. The van der Waals surface area contributed by atoms with E-state index in [4.69, 9.17) is 5.11 Å². The predicted octanol–water partition coefficient (Wildman–Crippen LogP) is 1.52. The highest BCUT2D eigenvalue weighted by Crippen LogP contribution is 2.01. The fourth-order valence-corrected chi connectivity index (χ4v) is 0.592. The number of benzene rings is 1. The first-order valence-corrected chi connectivity index (χ1v) is 2.69. The lowest BCUT2D eigenvalue weighted by atomic mass is 9.95. The third-order valence-corrected chi connectivity index (χ3v) is 1.09. The lowest BCUT2D eigenvalue weighted by Crippen LogP contribution is -1.94. The van der Waals surface area contributed by atoms with Crippen molar-refractivity contribution >= 4 is 5.97 Å². The van der Waals surface area contributed by atoms with Crippen LogP contribution in [0.25, 0.3) is 0 Å². The van der Waals surface area contributed by atoms with Crippen LogP contribution in [-0.2, 0) is 0 Å². The molecule has 0 amide bonds. The minimum Gasteiger partial charge on any atom is -0.478 e. The Morgan fingerprint density at radius 1 is 1.30 bits per heavy atom. The summed E-state index contributed by atoms with van der Waals surface area (Å²) in [4.78, 5) is 10.2. The molecule has 52 valence electrons. The number of carbonyl (C=O) groups is 1. The minimum absolute atomic E-state index is 0.0985. The maximum absolute atomic E-state index is 12.2. The van der Waals surface area contributed by atoms with E-state index in [9.17, 15) is 9.18 Å². The van der Waals surface area contributed by atoms with Gasteiger partial charge in [-0.3, -0.25) is 0 Å². The summed E-state index contributed by atoms with van der Waals surface area (Å²) in [5.41, 5.74) is 0.0985. The summed E-state index contributed by atoms with van der Waals surface area (Å²) < 4.78 is 12.2. The monoisotopic (exact) mass is 139 g/mol. The Labute approximate surface area is 56.9 Å². The van der Waals surface area contributed by atoms with E-state index in [1.165, 1.54) is 12.1 Å². The molecule has 2 nitrogen and oxygen atoms in total. The third-order valence-electron chi connectivity index (χ3n) is 1.09. The van der Waals surface area contributed by atoms with Crippen LogP contribution in [0.3, 0.4) is 0 Å². The zero-order valence-electron chi connectivity index (χ0n) is 5.04. The van der Waals surface area contributed by atoms with Gasteiger partial charge in [-0.2, -0.15) is 0 Å². The van der Waals surface area contributed by atoms with Gasteiger partial charge in [-0.25, -0.2) is 9.18 Å². The highest BCUT2D eigenvalue weighted by molar-refractivity contribution is 5.87. The molecule has 0 fully saturated rings. The summed E-state index contributed by atoms with van der Waals surface area (Å²) in [7, 11) is 0. The van der Waals surface area contributed by atoms with Gasteiger partial charge >= 0.3 is 5.97 Å². The second kappa shape index (κ2) is 2.47. The zero-order chi connectivity index (χ0) is 7.56. The van der Waals surface area contributed by atoms with Crippen molar-refractivity contribution in [2.45, 2.75) is 0 Å². The first-order valence-electron chi connectivity index (χ1n) is 2.69. The summed E-state index contributed by atoms with van der Waals surface area (Å²) in [5, 5.41) is 8.35. The standard InChI is InChI=1S/C7H5FO2/c8-6-3-1-5(2-4-6)7(9)10/h1-4H,(H,9,10)/i7-1. The van der Waals surface area contributed by atoms with Crippen LogP contribution in [-0.4, -0.2) is 11.1 Å². The summed E-state index contributed by atoms with van der Waals surface area (Å²) in [5.74, 6) is -1.47. The van der Waals surface area contributed by atoms with Gasteiger partial charge in [0.2, 0.25) is 0 Å². The normalized spacial score (nSPS) is 9.30. The lowest BCUT2D eigenvalue weighted by Gasteiger charge is -1.90. The van der Waals surface area contributed by atoms with E-state index < -0.39 is 11.8 Å². The molecular weight excluding hydrogens is 134 g/mol. The molecule has 1 aromatic rings. The fourth-order valence-electron chi connectivity index (χ4n) is 0.592. The largest absolute Gasteiger partial charge is 0.478 e. The number of rotatable bonds is 1. The zero-order valence-corrected chi connectivity index (χ0v) is 5.04. The van der Waals surface area contributed by atoms with Crippen molar-refractivity contribution in [3.8, 4) is 0 Å². The van der Waals surface area contributed by atoms with Crippen LogP contribution in [0.1, 0.15) is 10.4 Å². The summed E-state index contributed by atoms with van der Waals surface area (Å²) >= 11 is 0. The van der Waals surface area contributed by atoms with Crippen LogP contribution in [0.5, 0.6) is 0 Å². The van der Waals surface area contributed by atoms with Gasteiger partial charge in [0, 0.05) is 0 Å². The Kier molecular flexibility index (Phi) is 1.67. The van der Waals surface area contributed by atoms with E-state index in [-0.39, 0.29) is 5.56 Å². The van der Waals surface area contributed by atoms with E-state index in [1.807, 2.05) is 0 Å². The van der Waals surface area contributed by atoms with Gasteiger partial charge in [-0.05, 0) is 24.3 Å². The van der Waals surface area contributed by atoms with Gasteiger partial charge in [0.05, 0.1) is 5.56 Å². The Morgan fingerprint density at radius 2 is 1.80 bits per heavy atom. The highest BCUT2D eigenvalue weighted by atomic mass is 19.1. The van der Waals surface area contributed by atoms with Crippen molar-refractivity contribution in [1.82, 2.24) is 0 Å². The molecule has 0 unspecified atom stereocenters. The molecule has 0 heterocycles. The summed E-state index contributed by atoms with van der Waals surface area (Å²) in [6.45, 7) is 0.